The molecule has 0 aliphatic heterocycles. The van der Waals surface area contributed by atoms with Crippen LogP contribution in [0, 0.1) is 0 Å². The maximum absolute atomic E-state index is 4.57. The third-order valence-corrected chi connectivity index (χ3v) is 5.04. The van der Waals surface area contributed by atoms with Gasteiger partial charge in [0.25, 0.3) is 0 Å². The monoisotopic (exact) mass is 278 g/mol. The fourth-order valence-electron chi connectivity index (χ4n) is 2.62. The molecule has 1 saturated carbocycles. The van der Waals surface area contributed by atoms with Gasteiger partial charge >= 0.3 is 0 Å². The van der Waals surface area contributed by atoms with Gasteiger partial charge in [-0.2, -0.15) is 11.8 Å². The molecule has 19 heavy (non-hydrogen) atoms. The highest BCUT2D eigenvalue weighted by molar-refractivity contribution is 7.99. The predicted octanol–water partition coefficient (Wildman–Crippen LogP) is 4.47. The molecular formula is C16H26N2S. The van der Waals surface area contributed by atoms with Crippen molar-refractivity contribution in [3.8, 4) is 0 Å². The van der Waals surface area contributed by atoms with Crippen molar-refractivity contribution in [1.29, 1.82) is 0 Å². The summed E-state index contributed by atoms with van der Waals surface area (Å²) in [6, 6.07) is 4.92. The van der Waals surface area contributed by atoms with Crippen LogP contribution >= 0.6 is 11.8 Å². The zero-order chi connectivity index (χ0) is 13.9. The molecule has 1 fully saturated rings. The molecule has 1 heterocycles. The molecule has 1 N–H and O–H groups in total. The van der Waals surface area contributed by atoms with Crippen molar-refractivity contribution in [2.45, 2.75) is 63.2 Å². The first-order valence-corrected chi connectivity index (χ1v) is 8.53. The smallest absolute Gasteiger partial charge is 0.126 e. The minimum absolute atomic E-state index is 0.181. The number of thioether (sulfide) groups is 1. The molecule has 0 radical (unpaired) electrons. The molecule has 0 aromatic carbocycles. The van der Waals surface area contributed by atoms with Gasteiger partial charge in [-0.1, -0.05) is 33.3 Å². The number of nitrogens with zero attached hydrogens (tertiary/aromatic N) is 1. The Morgan fingerprint density at radius 1 is 1.26 bits per heavy atom. The van der Waals surface area contributed by atoms with Crippen LogP contribution in [0.1, 0.15) is 52.0 Å². The van der Waals surface area contributed by atoms with Gasteiger partial charge in [0.15, 0.2) is 0 Å². The van der Waals surface area contributed by atoms with E-state index in [2.05, 4.69) is 49.5 Å². The Labute approximate surface area is 121 Å². The molecule has 1 aliphatic rings. The van der Waals surface area contributed by atoms with E-state index in [1.165, 1.54) is 31.2 Å². The van der Waals surface area contributed by atoms with E-state index < -0.39 is 0 Å². The van der Waals surface area contributed by atoms with E-state index in [-0.39, 0.29) is 5.41 Å². The Balaban J connectivity index is 1.96. The lowest BCUT2D eigenvalue weighted by atomic mass is 9.88. The first-order valence-electron chi connectivity index (χ1n) is 7.25. The lowest BCUT2D eigenvalue weighted by Crippen LogP contribution is -2.28. The Bertz CT molecular complexity index is 394. The van der Waals surface area contributed by atoms with Gasteiger partial charge in [-0.3, -0.25) is 0 Å². The number of hydrogen-bond donors (Lipinski definition) is 1. The molecule has 0 bridgehead atoms. The highest BCUT2D eigenvalue weighted by Gasteiger charge is 2.21. The van der Waals surface area contributed by atoms with Crippen molar-refractivity contribution >= 4 is 17.6 Å². The second kappa shape index (κ2) is 6.17. The van der Waals surface area contributed by atoms with Crippen molar-refractivity contribution in [3.63, 3.8) is 0 Å². The van der Waals surface area contributed by atoms with Crippen molar-refractivity contribution in [2.24, 2.45) is 0 Å². The molecule has 3 heteroatoms. The lowest BCUT2D eigenvalue weighted by molar-refractivity contribution is 0.472. The van der Waals surface area contributed by atoms with Crippen LogP contribution in [-0.2, 0) is 5.41 Å². The number of anilines is 1. The molecule has 2 nitrogen and oxygen atoms in total. The highest BCUT2D eigenvalue weighted by Crippen LogP contribution is 2.29. The second-order valence-electron chi connectivity index (χ2n) is 6.55. The largest absolute Gasteiger partial charge is 0.367 e. The minimum Gasteiger partial charge on any atom is -0.367 e. The minimum atomic E-state index is 0.181. The SMILES string of the molecule is CSC1CCCC(Nc2ccc(C(C)(C)C)cn2)C1. The predicted molar refractivity (Wildman–Crippen MR) is 86.1 cm³/mol. The molecule has 0 saturated heterocycles. The van der Waals surface area contributed by atoms with Crippen LogP contribution in [0.25, 0.3) is 0 Å². The van der Waals surface area contributed by atoms with Crippen LogP contribution in [0.3, 0.4) is 0 Å². The van der Waals surface area contributed by atoms with Crippen molar-refractivity contribution < 1.29 is 0 Å². The normalized spacial score (nSPS) is 24.2. The van der Waals surface area contributed by atoms with Crippen LogP contribution < -0.4 is 5.32 Å². The van der Waals surface area contributed by atoms with Crippen LogP contribution in [0.5, 0.6) is 0 Å². The summed E-state index contributed by atoms with van der Waals surface area (Å²) in [5, 5.41) is 4.42. The summed E-state index contributed by atoms with van der Waals surface area (Å²) in [6.45, 7) is 6.67. The molecular weight excluding hydrogens is 252 g/mol. The summed E-state index contributed by atoms with van der Waals surface area (Å²) in [5.74, 6) is 1.03. The summed E-state index contributed by atoms with van der Waals surface area (Å²) < 4.78 is 0. The number of rotatable bonds is 3. The summed E-state index contributed by atoms with van der Waals surface area (Å²) >= 11 is 2.01. The fourth-order valence-corrected chi connectivity index (χ4v) is 3.45. The van der Waals surface area contributed by atoms with Crippen LogP contribution in [0.2, 0.25) is 0 Å². The first kappa shape index (κ1) is 14.7. The maximum Gasteiger partial charge on any atom is 0.126 e. The van der Waals surface area contributed by atoms with Gasteiger partial charge in [-0.05, 0) is 42.6 Å². The van der Waals surface area contributed by atoms with Gasteiger partial charge in [0.1, 0.15) is 5.82 Å². The van der Waals surface area contributed by atoms with E-state index in [0.717, 1.165) is 11.1 Å². The van der Waals surface area contributed by atoms with E-state index in [4.69, 9.17) is 0 Å². The van der Waals surface area contributed by atoms with Crippen molar-refractivity contribution in [3.05, 3.63) is 23.9 Å². The molecule has 0 amide bonds. The Hall–Kier alpha value is -0.700. The molecule has 106 valence electrons. The topological polar surface area (TPSA) is 24.9 Å². The standard InChI is InChI=1S/C16H26N2S/c1-16(2,3)12-8-9-15(17-11-12)18-13-6-5-7-14(10-13)19-4/h8-9,11,13-14H,5-7,10H2,1-4H3,(H,17,18). The fraction of sp³-hybridized carbons (Fsp3) is 0.688. The molecule has 2 atom stereocenters. The van der Waals surface area contributed by atoms with Gasteiger partial charge in [0.05, 0.1) is 0 Å². The van der Waals surface area contributed by atoms with Crippen LogP contribution in [0.4, 0.5) is 5.82 Å². The summed E-state index contributed by atoms with van der Waals surface area (Å²) in [5.41, 5.74) is 1.48. The van der Waals surface area contributed by atoms with Gasteiger partial charge < -0.3 is 5.32 Å². The molecule has 1 aromatic heterocycles. The number of pyridine rings is 1. The third-order valence-electron chi connectivity index (χ3n) is 3.94. The highest BCUT2D eigenvalue weighted by atomic mass is 32.2. The zero-order valence-electron chi connectivity index (χ0n) is 12.6. The second-order valence-corrected chi connectivity index (χ2v) is 7.69. The molecule has 2 rings (SSSR count). The first-order chi connectivity index (χ1) is 8.99. The molecule has 0 spiro atoms. The van der Waals surface area contributed by atoms with E-state index in [1.54, 1.807) is 0 Å². The summed E-state index contributed by atoms with van der Waals surface area (Å²) in [4.78, 5) is 4.57. The Morgan fingerprint density at radius 3 is 2.63 bits per heavy atom. The maximum atomic E-state index is 4.57. The van der Waals surface area contributed by atoms with E-state index in [0.29, 0.717) is 6.04 Å². The molecule has 1 aliphatic carbocycles. The Morgan fingerprint density at radius 2 is 2.05 bits per heavy atom. The molecule has 1 aromatic rings. The zero-order valence-corrected chi connectivity index (χ0v) is 13.4. The average molecular weight is 278 g/mol. The lowest BCUT2D eigenvalue weighted by Gasteiger charge is -2.29. The van der Waals surface area contributed by atoms with Crippen molar-refractivity contribution in [2.75, 3.05) is 11.6 Å². The van der Waals surface area contributed by atoms with E-state index in [9.17, 15) is 0 Å². The molecule has 2 unspecified atom stereocenters. The Kier molecular flexibility index (Phi) is 4.77. The third kappa shape index (κ3) is 4.13. The van der Waals surface area contributed by atoms with Gasteiger partial charge in [-0.25, -0.2) is 4.98 Å². The quantitative estimate of drug-likeness (QED) is 0.883. The summed E-state index contributed by atoms with van der Waals surface area (Å²) in [7, 11) is 0. The van der Waals surface area contributed by atoms with Gasteiger partial charge in [0, 0.05) is 17.5 Å². The number of nitrogens with one attached hydrogen (secondary N) is 1. The van der Waals surface area contributed by atoms with Crippen molar-refractivity contribution in [1.82, 2.24) is 4.98 Å². The van der Waals surface area contributed by atoms with E-state index in [1.807, 2.05) is 18.0 Å². The number of hydrogen-bond acceptors (Lipinski definition) is 3. The van der Waals surface area contributed by atoms with Gasteiger partial charge in [0.2, 0.25) is 0 Å². The van der Waals surface area contributed by atoms with E-state index >= 15 is 0 Å². The van der Waals surface area contributed by atoms with Crippen LogP contribution in [0.15, 0.2) is 18.3 Å². The van der Waals surface area contributed by atoms with Gasteiger partial charge in [-0.15, -0.1) is 0 Å². The summed E-state index contributed by atoms with van der Waals surface area (Å²) in [6.07, 6.45) is 9.49. The number of aromatic nitrogens is 1. The van der Waals surface area contributed by atoms with Crippen LogP contribution in [-0.4, -0.2) is 22.5 Å². The average Bonchev–Trinajstić information content (AvgIpc) is 2.38.